The van der Waals surface area contributed by atoms with Gasteiger partial charge in [-0.15, -0.1) is 0 Å². The van der Waals surface area contributed by atoms with E-state index in [4.69, 9.17) is 10.5 Å². The Kier molecular flexibility index (Phi) is 6.99. The Balaban J connectivity index is 2.00. The number of nitrogens with two attached hydrogens (primary N) is 1. The highest BCUT2D eigenvalue weighted by Crippen LogP contribution is 2.23. The van der Waals surface area contributed by atoms with Gasteiger partial charge in [-0.05, 0) is 38.2 Å². The molecule has 0 saturated carbocycles. The molecule has 0 spiro atoms. The highest BCUT2D eigenvalue weighted by molar-refractivity contribution is 5.86. The predicted molar refractivity (Wildman–Crippen MR) is 101 cm³/mol. The summed E-state index contributed by atoms with van der Waals surface area (Å²) in [4.78, 5) is 12.6. The molecule has 0 aliphatic carbocycles. The van der Waals surface area contributed by atoms with Crippen LogP contribution in [0.4, 0.5) is 0 Å². The first kappa shape index (κ1) is 19.9. The van der Waals surface area contributed by atoms with Gasteiger partial charge in [0.15, 0.2) is 0 Å². The Bertz CT molecular complexity index is 537. The second-order valence-corrected chi connectivity index (χ2v) is 7.22. The lowest BCUT2D eigenvalue weighted by Crippen LogP contribution is -2.61. The molecular formula is C20H33N3O2. The maximum absolute atomic E-state index is 12.6. The lowest BCUT2D eigenvalue weighted by molar-refractivity contribution is -0.130. The molecule has 4 N–H and O–H groups in total. The van der Waals surface area contributed by atoms with Crippen LogP contribution < -0.4 is 16.4 Å². The average molecular weight is 348 g/mol. The first-order valence-corrected chi connectivity index (χ1v) is 9.42. The molecule has 0 radical (unpaired) electrons. The molecule has 5 heteroatoms. The highest BCUT2D eigenvalue weighted by Gasteiger charge is 2.37. The molecule has 2 rings (SSSR count). The van der Waals surface area contributed by atoms with E-state index in [0.29, 0.717) is 32.6 Å². The van der Waals surface area contributed by atoms with Crippen molar-refractivity contribution in [2.45, 2.75) is 63.6 Å². The molecule has 1 saturated heterocycles. The van der Waals surface area contributed by atoms with Gasteiger partial charge in [0.2, 0.25) is 5.91 Å². The zero-order valence-electron chi connectivity index (χ0n) is 15.8. The number of hydrogen-bond donors (Lipinski definition) is 3. The van der Waals surface area contributed by atoms with Gasteiger partial charge in [0, 0.05) is 31.3 Å². The van der Waals surface area contributed by atoms with Gasteiger partial charge in [-0.25, -0.2) is 0 Å². The van der Waals surface area contributed by atoms with E-state index in [2.05, 4.69) is 55.7 Å². The Morgan fingerprint density at radius 2 is 1.84 bits per heavy atom. The number of ether oxygens (including phenoxy) is 1. The van der Waals surface area contributed by atoms with Crippen molar-refractivity contribution in [1.29, 1.82) is 0 Å². The first-order valence-electron chi connectivity index (χ1n) is 9.42. The zero-order chi connectivity index (χ0) is 18.3. The number of benzene rings is 1. The molecular weight excluding hydrogens is 314 g/mol. The molecule has 1 aromatic rings. The van der Waals surface area contributed by atoms with Crippen LogP contribution in [0.5, 0.6) is 0 Å². The normalized spacial score (nSPS) is 18.6. The van der Waals surface area contributed by atoms with Gasteiger partial charge in [-0.3, -0.25) is 4.79 Å². The van der Waals surface area contributed by atoms with E-state index in [-0.39, 0.29) is 17.5 Å². The van der Waals surface area contributed by atoms with Crippen molar-refractivity contribution in [3.05, 3.63) is 35.9 Å². The topological polar surface area (TPSA) is 76.4 Å². The third-order valence-corrected chi connectivity index (χ3v) is 5.60. The molecule has 1 amide bonds. The minimum atomic E-state index is -0.795. The number of carbonyl (C=O) groups excluding carboxylic acids is 1. The smallest absolute Gasteiger partial charge is 0.240 e. The largest absolute Gasteiger partial charge is 0.381 e. The quantitative estimate of drug-likeness (QED) is 0.675. The number of amides is 1. The molecule has 140 valence electrons. The van der Waals surface area contributed by atoms with Crippen molar-refractivity contribution in [1.82, 2.24) is 10.6 Å². The van der Waals surface area contributed by atoms with Crippen molar-refractivity contribution in [3.63, 3.8) is 0 Å². The molecule has 1 fully saturated rings. The van der Waals surface area contributed by atoms with Gasteiger partial charge in [0.05, 0.1) is 5.54 Å². The molecule has 1 aliphatic heterocycles. The lowest BCUT2D eigenvalue weighted by atomic mass is 9.88. The average Bonchev–Trinajstić information content (AvgIpc) is 2.66. The van der Waals surface area contributed by atoms with E-state index < -0.39 is 5.54 Å². The summed E-state index contributed by atoms with van der Waals surface area (Å²) in [6.45, 7) is 8.18. The summed E-state index contributed by atoms with van der Waals surface area (Å²) in [7, 11) is 0. The molecule has 0 bridgehead atoms. The van der Waals surface area contributed by atoms with Gasteiger partial charge in [0.25, 0.3) is 0 Å². The maximum Gasteiger partial charge on any atom is 0.240 e. The predicted octanol–water partition coefficient (Wildman–Crippen LogP) is 2.52. The minimum Gasteiger partial charge on any atom is -0.381 e. The van der Waals surface area contributed by atoms with Crippen LogP contribution in [-0.2, 0) is 9.53 Å². The summed E-state index contributed by atoms with van der Waals surface area (Å²) in [5.41, 5.74) is 6.60. The maximum atomic E-state index is 12.6. The monoisotopic (exact) mass is 347 g/mol. The molecule has 25 heavy (non-hydrogen) atoms. The van der Waals surface area contributed by atoms with Crippen LogP contribution in [0.2, 0.25) is 0 Å². The SMILES string of the molecule is CCC(CC)(CNC(=O)C1(N)CCOCC1)NC(C)c1ccccc1. The van der Waals surface area contributed by atoms with E-state index in [1.807, 2.05) is 6.07 Å². The summed E-state index contributed by atoms with van der Waals surface area (Å²) in [6, 6.07) is 10.6. The molecule has 1 atom stereocenters. The molecule has 1 aromatic carbocycles. The lowest BCUT2D eigenvalue weighted by Gasteiger charge is -2.38. The van der Waals surface area contributed by atoms with Crippen LogP contribution in [0.1, 0.15) is 58.1 Å². The van der Waals surface area contributed by atoms with Crippen molar-refractivity contribution >= 4 is 5.91 Å². The van der Waals surface area contributed by atoms with Crippen molar-refractivity contribution in [3.8, 4) is 0 Å². The Labute approximate surface area is 151 Å². The second-order valence-electron chi connectivity index (χ2n) is 7.22. The fraction of sp³-hybridized carbons (Fsp3) is 0.650. The standard InChI is InChI=1S/C20H33N3O2/c1-4-19(5-2,23-16(3)17-9-7-6-8-10-17)15-22-18(24)20(21)11-13-25-14-12-20/h6-10,16,23H,4-5,11-15,21H2,1-3H3,(H,22,24). The summed E-state index contributed by atoms with van der Waals surface area (Å²) >= 11 is 0. The molecule has 0 aromatic heterocycles. The fourth-order valence-corrected chi connectivity index (χ4v) is 3.43. The summed E-state index contributed by atoms with van der Waals surface area (Å²) < 4.78 is 5.33. The number of carbonyl (C=O) groups is 1. The van der Waals surface area contributed by atoms with Crippen LogP contribution in [0.3, 0.4) is 0 Å². The van der Waals surface area contributed by atoms with Crippen LogP contribution in [0, 0.1) is 0 Å². The van der Waals surface area contributed by atoms with Gasteiger partial charge in [-0.2, -0.15) is 0 Å². The number of rotatable bonds is 8. The van der Waals surface area contributed by atoms with Crippen LogP contribution in [0.25, 0.3) is 0 Å². The van der Waals surface area contributed by atoms with Crippen LogP contribution in [-0.4, -0.2) is 36.7 Å². The Morgan fingerprint density at radius 3 is 2.40 bits per heavy atom. The van der Waals surface area contributed by atoms with Crippen molar-refractivity contribution < 1.29 is 9.53 Å². The van der Waals surface area contributed by atoms with Crippen molar-refractivity contribution in [2.24, 2.45) is 5.73 Å². The summed E-state index contributed by atoms with van der Waals surface area (Å²) in [6.07, 6.45) is 3.03. The number of hydrogen-bond acceptors (Lipinski definition) is 4. The van der Waals surface area contributed by atoms with Crippen molar-refractivity contribution in [2.75, 3.05) is 19.8 Å². The molecule has 1 heterocycles. The third kappa shape index (κ3) is 5.03. The highest BCUT2D eigenvalue weighted by atomic mass is 16.5. The van der Waals surface area contributed by atoms with Crippen LogP contribution >= 0.6 is 0 Å². The summed E-state index contributed by atoms with van der Waals surface area (Å²) in [5, 5.41) is 6.85. The third-order valence-electron chi connectivity index (χ3n) is 5.60. The van der Waals surface area contributed by atoms with E-state index in [1.165, 1.54) is 5.56 Å². The zero-order valence-corrected chi connectivity index (χ0v) is 15.8. The molecule has 1 unspecified atom stereocenters. The van der Waals surface area contributed by atoms with Crippen LogP contribution in [0.15, 0.2) is 30.3 Å². The minimum absolute atomic E-state index is 0.0590. The van der Waals surface area contributed by atoms with E-state index >= 15 is 0 Å². The van der Waals surface area contributed by atoms with Gasteiger partial charge < -0.3 is 21.1 Å². The van der Waals surface area contributed by atoms with E-state index in [9.17, 15) is 4.79 Å². The summed E-state index contributed by atoms with van der Waals surface area (Å²) in [5.74, 6) is -0.0590. The Morgan fingerprint density at radius 1 is 1.24 bits per heavy atom. The second kappa shape index (κ2) is 8.79. The van der Waals surface area contributed by atoms with Gasteiger partial charge >= 0.3 is 0 Å². The first-order chi connectivity index (χ1) is 11.9. The van der Waals surface area contributed by atoms with E-state index in [1.54, 1.807) is 0 Å². The van der Waals surface area contributed by atoms with E-state index in [0.717, 1.165) is 12.8 Å². The Hall–Kier alpha value is -1.43. The van der Waals surface area contributed by atoms with Gasteiger partial charge in [0.1, 0.15) is 0 Å². The fourth-order valence-electron chi connectivity index (χ4n) is 3.43. The van der Waals surface area contributed by atoms with Gasteiger partial charge in [-0.1, -0.05) is 44.2 Å². The molecule has 5 nitrogen and oxygen atoms in total. The molecule has 1 aliphatic rings. The number of nitrogens with one attached hydrogen (secondary N) is 2.